The monoisotopic (exact) mass is 225 g/mol. The maximum atomic E-state index is 11.9. The largest absolute Gasteiger partial charge is 0.358 e. The highest BCUT2D eigenvalue weighted by atomic mass is 16.1. The molecule has 0 radical (unpaired) electrons. The van der Waals surface area contributed by atoms with Crippen LogP contribution in [0.15, 0.2) is 36.4 Å². The molecule has 1 aliphatic carbocycles. The molecular formula is C15H15NO. The molecule has 3 rings (SSSR count). The summed E-state index contributed by atoms with van der Waals surface area (Å²) in [5.41, 5.74) is 4.23. The lowest BCUT2D eigenvalue weighted by Gasteiger charge is -1.97. The number of fused-ring (bicyclic) bond motifs is 1. The first-order chi connectivity index (χ1) is 8.34. The zero-order chi connectivity index (χ0) is 11.7. The lowest BCUT2D eigenvalue weighted by atomic mass is 10.1. The van der Waals surface area contributed by atoms with Crippen LogP contribution in [0.4, 0.5) is 0 Å². The molecule has 0 spiro atoms. The van der Waals surface area contributed by atoms with Crippen molar-refractivity contribution in [2.75, 3.05) is 0 Å². The molecule has 0 aliphatic heterocycles. The number of Topliss-reactive ketones (excluding diaryl/α,β-unsaturated/α-hetero) is 1. The number of hydrogen-bond donors (Lipinski definition) is 1. The highest BCUT2D eigenvalue weighted by Crippen LogP contribution is 2.26. The minimum Gasteiger partial charge on any atom is -0.358 e. The van der Waals surface area contributed by atoms with Gasteiger partial charge in [-0.2, -0.15) is 0 Å². The average Bonchev–Trinajstić information content (AvgIpc) is 2.72. The molecule has 0 saturated heterocycles. The van der Waals surface area contributed by atoms with Crippen LogP contribution in [-0.2, 0) is 6.42 Å². The van der Waals surface area contributed by atoms with Gasteiger partial charge in [-0.25, -0.2) is 0 Å². The third-order valence-corrected chi connectivity index (χ3v) is 3.37. The molecule has 1 heterocycles. The number of benzene rings is 1. The number of aryl methyl sites for hydroxylation is 1. The Labute approximate surface area is 101 Å². The van der Waals surface area contributed by atoms with Gasteiger partial charge in [0.15, 0.2) is 5.78 Å². The Morgan fingerprint density at radius 2 is 1.76 bits per heavy atom. The molecule has 2 aromatic rings. The quantitative estimate of drug-likeness (QED) is 0.739. The molecule has 86 valence electrons. The Bertz CT molecular complexity index is 539. The Morgan fingerprint density at radius 3 is 2.59 bits per heavy atom. The predicted molar refractivity (Wildman–Crippen MR) is 68.1 cm³/mol. The van der Waals surface area contributed by atoms with E-state index in [9.17, 15) is 4.79 Å². The summed E-state index contributed by atoms with van der Waals surface area (Å²) >= 11 is 0. The van der Waals surface area contributed by atoms with E-state index >= 15 is 0 Å². The van der Waals surface area contributed by atoms with Crippen LogP contribution in [0.25, 0.3) is 11.3 Å². The number of aromatic amines is 1. The molecule has 2 heteroatoms. The van der Waals surface area contributed by atoms with Crippen LogP contribution in [0, 0.1) is 0 Å². The Balaban J connectivity index is 2.05. The van der Waals surface area contributed by atoms with Crippen molar-refractivity contribution in [3.05, 3.63) is 47.7 Å². The molecule has 1 aromatic heterocycles. The molecule has 1 aromatic carbocycles. The van der Waals surface area contributed by atoms with Crippen molar-refractivity contribution in [3.63, 3.8) is 0 Å². The highest BCUT2D eigenvalue weighted by Gasteiger charge is 2.18. The number of hydrogen-bond acceptors (Lipinski definition) is 1. The van der Waals surface area contributed by atoms with E-state index in [0.29, 0.717) is 6.42 Å². The first kappa shape index (κ1) is 10.3. The van der Waals surface area contributed by atoms with Crippen molar-refractivity contribution >= 4 is 5.78 Å². The Hall–Kier alpha value is -1.83. The summed E-state index contributed by atoms with van der Waals surface area (Å²) in [5, 5.41) is 0. The van der Waals surface area contributed by atoms with Crippen LogP contribution in [0.3, 0.4) is 0 Å². The van der Waals surface area contributed by atoms with E-state index in [-0.39, 0.29) is 5.78 Å². The summed E-state index contributed by atoms with van der Waals surface area (Å²) in [6.45, 7) is 0. The van der Waals surface area contributed by atoms with Crippen molar-refractivity contribution in [2.24, 2.45) is 0 Å². The first-order valence-corrected chi connectivity index (χ1v) is 6.15. The van der Waals surface area contributed by atoms with Gasteiger partial charge in [-0.3, -0.25) is 4.79 Å². The van der Waals surface area contributed by atoms with E-state index in [0.717, 1.165) is 41.8 Å². The fourth-order valence-corrected chi connectivity index (χ4v) is 2.44. The molecule has 0 atom stereocenters. The van der Waals surface area contributed by atoms with Gasteiger partial charge in [0, 0.05) is 23.4 Å². The summed E-state index contributed by atoms with van der Waals surface area (Å²) in [6.07, 6.45) is 3.81. The van der Waals surface area contributed by atoms with Crippen LogP contribution in [0.5, 0.6) is 0 Å². The summed E-state index contributed by atoms with van der Waals surface area (Å²) in [6, 6.07) is 12.2. The molecule has 0 fully saturated rings. The van der Waals surface area contributed by atoms with E-state index in [1.165, 1.54) is 0 Å². The maximum absolute atomic E-state index is 11.9. The van der Waals surface area contributed by atoms with Crippen LogP contribution >= 0.6 is 0 Å². The van der Waals surface area contributed by atoms with Crippen molar-refractivity contribution in [1.82, 2.24) is 4.98 Å². The first-order valence-electron chi connectivity index (χ1n) is 6.15. The van der Waals surface area contributed by atoms with Crippen molar-refractivity contribution in [3.8, 4) is 11.3 Å². The van der Waals surface area contributed by atoms with Crippen molar-refractivity contribution in [1.29, 1.82) is 0 Å². The van der Waals surface area contributed by atoms with Gasteiger partial charge >= 0.3 is 0 Å². The SMILES string of the molecule is O=C1CCCCc2[nH]c(-c3ccccc3)cc21. The fourth-order valence-electron chi connectivity index (χ4n) is 2.44. The van der Waals surface area contributed by atoms with Gasteiger partial charge in [-0.1, -0.05) is 30.3 Å². The van der Waals surface area contributed by atoms with Gasteiger partial charge in [0.1, 0.15) is 0 Å². The second kappa shape index (κ2) is 4.21. The molecule has 1 N–H and O–H groups in total. The van der Waals surface area contributed by atoms with E-state index in [1.807, 2.05) is 24.3 Å². The molecule has 0 saturated carbocycles. The van der Waals surface area contributed by atoms with Gasteiger partial charge in [0.2, 0.25) is 0 Å². The van der Waals surface area contributed by atoms with Gasteiger partial charge in [0.25, 0.3) is 0 Å². The number of aromatic nitrogens is 1. The van der Waals surface area contributed by atoms with Crippen molar-refractivity contribution in [2.45, 2.75) is 25.7 Å². The molecular weight excluding hydrogens is 210 g/mol. The normalized spacial score (nSPS) is 15.4. The number of carbonyl (C=O) groups is 1. The minimum absolute atomic E-state index is 0.288. The van der Waals surface area contributed by atoms with E-state index in [4.69, 9.17) is 0 Å². The molecule has 0 unspecified atom stereocenters. The lowest BCUT2D eigenvalue weighted by molar-refractivity contribution is 0.0982. The van der Waals surface area contributed by atoms with Gasteiger partial charge in [-0.15, -0.1) is 0 Å². The second-order valence-electron chi connectivity index (χ2n) is 4.57. The maximum Gasteiger partial charge on any atom is 0.164 e. The smallest absolute Gasteiger partial charge is 0.164 e. The zero-order valence-electron chi connectivity index (χ0n) is 9.70. The topological polar surface area (TPSA) is 32.9 Å². The second-order valence-corrected chi connectivity index (χ2v) is 4.57. The summed E-state index contributed by atoms with van der Waals surface area (Å²) in [5.74, 6) is 0.288. The third kappa shape index (κ3) is 1.91. The fraction of sp³-hybridized carbons (Fsp3) is 0.267. The van der Waals surface area contributed by atoms with Crippen LogP contribution in [-0.4, -0.2) is 10.8 Å². The summed E-state index contributed by atoms with van der Waals surface area (Å²) in [7, 11) is 0. The van der Waals surface area contributed by atoms with Gasteiger partial charge in [0.05, 0.1) is 0 Å². The van der Waals surface area contributed by atoms with Crippen LogP contribution < -0.4 is 0 Å². The average molecular weight is 225 g/mol. The third-order valence-electron chi connectivity index (χ3n) is 3.37. The zero-order valence-corrected chi connectivity index (χ0v) is 9.70. The number of carbonyl (C=O) groups excluding carboxylic acids is 1. The van der Waals surface area contributed by atoms with Crippen LogP contribution in [0.1, 0.15) is 35.3 Å². The van der Waals surface area contributed by atoms with Gasteiger partial charge < -0.3 is 4.98 Å². The molecule has 17 heavy (non-hydrogen) atoms. The van der Waals surface area contributed by atoms with Gasteiger partial charge in [-0.05, 0) is 30.9 Å². The predicted octanol–water partition coefficient (Wildman–Crippen LogP) is 3.59. The van der Waals surface area contributed by atoms with Crippen LogP contribution in [0.2, 0.25) is 0 Å². The Kier molecular flexibility index (Phi) is 2.56. The molecule has 1 aliphatic rings. The lowest BCUT2D eigenvalue weighted by Crippen LogP contribution is -1.96. The number of nitrogens with one attached hydrogen (secondary N) is 1. The standard InChI is InChI=1S/C15H15NO/c17-15-9-5-4-8-13-12(15)10-14(16-13)11-6-2-1-3-7-11/h1-3,6-7,10,16H,4-5,8-9H2. The Morgan fingerprint density at radius 1 is 1.00 bits per heavy atom. The molecule has 2 nitrogen and oxygen atoms in total. The van der Waals surface area contributed by atoms with E-state index in [1.54, 1.807) is 0 Å². The number of ketones is 1. The summed E-state index contributed by atoms with van der Waals surface area (Å²) < 4.78 is 0. The number of rotatable bonds is 1. The molecule has 0 bridgehead atoms. The van der Waals surface area contributed by atoms with Crippen molar-refractivity contribution < 1.29 is 4.79 Å². The minimum atomic E-state index is 0.288. The summed E-state index contributed by atoms with van der Waals surface area (Å²) in [4.78, 5) is 15.3. The van der Waals surface area contributed by atoms with E-state index in [2.05, 4.69) is 17.1 Å². The van der Waals surface area contributed by atoms with E-state index < -0.39 is 0 Å². The highest BCUT2D eigenvalue weighted by molar-refractivity contribution is 5.98. The molecule has 0 amide bonds. The number of H-pyrrole nitrogens is 1.